The normalized spacial score (nSPS) is 10.1. The summed E-state index contributed by atoms with van der Waals surface area (Å²) in [6.07, 6.45) is -3.60. The van der Waals surface area contributed by atoms with Gasteiger partial charge in [0.25, 0.3) is 0 Å². The van der Waals surface area contributed by atoms with Crippen LogP contribution in [0, 0.1) is 5.41 Å². The van der Waals surface area contributed by atoms with Crippen molar-refractivity contribution in [1.82, 2.24) is 0 Å². The quantitative estimate of drug-likeness (QED) is 0.492. The van der Waals surface area contributed by atoms with E-state index in [1.807, 2.05) is 0 Å². The minimum Gasteiger partial charge on any atom is -0.475 e. The number of carboxylic acids is 1. The van der Waals surface area contributed by atoms with Gasteiger partial charge in [0.05, 0.1) is 6.26 Å². The van der Waals surface area contributed by atoms with E-state index in [9.17, 15) is 13.2 Å². The van der Waals surface area contributed by atoms with Gasteiger partial charge in [0.2, 0.25) is 0 Å². The third-order valence-corrected chi connectivity index (χ3v) is 1.03. The Morgan fingerprint density at radius 3 is 2.13 bits per heavy atom. The molecule has 0 saturated carbocycles. The van der Waals surface area contributed by atoms with Crippen molar-refractivity contribution in [2.75, 3.05) is 0 Å². The lowest BCUT2D eigenvalue weighted by Crippen LogP contribution is -2.21. The molecule has 0 aliphatic carbocycles. The van der Waals surface area contributed by atoms with Crippen LogP contribution in [0.3, 0.4) is 0 Å². The van der Waals surface area contributed by atoms with E-state index in [4.69, 9.17) is 25.5 Å². The van der Waals surface area contributed by atoms with E-state index >= 15 is 0 Å². The number of aliphatic carboxylic acids is 1. The highest BCUT2D eigenvalue weighted by Crippen LogP contribution is 2.13. The fourth-order valence-corrected chi connectivity index (χ4v) is 0.432. The van der Waals surface area contributed by atoms with Crippen LogP contribution >= 0.6 is 0 Å². The summed E-state index contributed by atoms with van der Waals surface area (Å²) in [6, 6.07) is 3.33. The first-order valence-electron chi connectivity index (χ1n) is 3.43. The van der Waals surface area contributed by atoms with Gasteiger partial charge in [-0.2, -0.15) is 13.2 Å². The van der Waals surface area contributed by atoms with Gasteiger partial charge in [-0.1, -0.05) is 0 Å². The number of halogens is 3. The molecule has 0 aromatic carbocycles. The lowest BCUT2D eigenvalue weighted by Gasteiger charge is -1.93. The Balaban J connectivity index is 0.000000265. The van der Waals surface area contributed by atoms with E-state index < -0.39 is 12.1 Å². The standard InChI is InChI=1S/C5H6N2O.C2HF3O2/c6-5(7)4-2-1-3-8-4;3-2(4,5)1(6)7/h1-3H,(H3,6,7);(H,6,7). The van der Waals surface area contributed by atoms with Crippen LogP contribution in [0.25, 0.3) is 0 Å². The van der Waals surface area contributed by atoms with Crippen LogP contribution < -0.4 is 5.73 Å². The maximum atomic E-state index is 10.6. The van der Waals surface area contributed by atoms with Gasteiger partial charge in [0, 0.05) is 0 Å². The molecule has 0 atom stereocenters. The number of carboxylic acid groups (broad SMARTS) is 1. The van der Waals surface area contributed by atoms with E-state index in [-0.39, 0.29) is 5.84 Å². The summed E-state index contributed by atoms with van der Waals surface area (Å²) in [5.74, 6) is -2.37. The minimum absolute atomic E-state index is 0.0324. The largest absolute Gasteiger partial charge is 0.490 e. The molecule has 1 aromatic rings. The number of hydrogen-bond acceptors (Lipinski definition) is 3. The highest BCUT2D eigenvalue weighted by Gasteiger charge is 2.38. The molecule has 1 aromatic heterocycles. The number of alkyl halides is 3. The molecule has 8 heteroatoms. The van der Waals surface area contributed by atoms with Gasteiger partial charge in [-0.25, -0.2) is 4.79 Å². The Hall–Kier alpha value is -1.99. The second-order valence-electron chi connectivity index (χ2n) is 2.19. The van der Waals surface area contributed by atoms with Crippen molar-refractivity contribution in [2.45, 2.75) is 6.18 Å². The highest BCUT2D eigenvalue weighted by atomic mass is 19.4. The topological polar surface area (TPSA) is 100 Å². The molecule has 0 fully saturated rings. The molecule has 0 aliphatic rings. The average molecular weight is 224 g/mol. The van der Waals surface area contributed by atoms with Crippen LogP contribution in [-0.4, -0.2) is 23.1 Å². The molecule has 4 N–H and O–H groups in total. The number of hydrogen-bond donors (Lipinski definition) is 3. The molecule has 0 bridgehead atoms. The smallest absolute Gasteiger partial charge is 0.475 e. The van der Waals surface area contributed by atoms with Crippen molar-refractivity contribution in [1.29, 1.82) is 5.41 Å². The Kier molecular flexibility index (Phi) is 4.36. The third kappa shape index (κ3) is 5.34. The van der Waals surface area contributed by atoms with Gasteiger partial charge >= 0.3 is 12.1 Å². The summed E-state index contributed by atoms with van der Waals surface area (Å²) in [7, 11) is 0. The van der Waals surface area contributed by atoms with Crippen molar-refractivity contribution >= 4 is 11.8 Å². The van der Waals surface area contributed by atoms with Gasteiger partial charge in [0.15, 0.2) is 11.6 Å². The summed E-state index contributed by atoms with van der Waals surface area (Å²) in [5, 5.41) is 14.0. The third-order valence-electron chi connectivity index (χ3n) is 1.03. The summed E-state index contributed by atoms with van der Waals surface area (Å²) < 4.78 is 36.5. The van der Waals surface area contributed by atoms with Gasteiger partial charge in [-0.15, -0.1) is 0 Å². The van der Waals surface area contributed by atoms with Crippen LogP contribution in [0.15, 0.2) is 22.8 Å². The van der Waals surface area contributed by atoms with E-state index in [1.54, 1.807) is 12.1 Å². The maximum Gasteiger partial charge on any atom is 0.490 e. The first-order valence-corrected chi connectivity index (χ1v) is 3.43. The van der Waals surface area contributed by atoms with E-state index in [0.717, 1.165) is 0 Å². The Morgan fingerprint density at radius 1 is 1.53 bits per heavy atom. The molecule has 0 radical (unpaired) electrons. The fraction of sp³-hybridized carbons (Fsp3) is 0.143. The lowest BCUT2D eigenvalue weighted by atomic mass is 10.4. The predicted octanol–water partition coefficient (Wildman–Crippen LogP) is 1.20. The van der Waals surface area contributed by atoms with Crippen LogP contribution in [-0.2, 0) is 4.79 Å². The van der Waals surface area contributed by atoms with Crippen molar-refractivity contribution in [2.24, 2.45) is 5.73 Å². The summed E-state index contributed by atoms with van der Waals surface area (Å²) in [5.41, 5.74) is 5.05. The number of amidine groups is 1. The number of furan rings is 1. The van der Waals surface area contributed by atoms with Crippen molar-refractivity contribution in [3.05, 3.63) is 24.2 Å². The Bertz CT molecular complexity index is 332. The van der Waals surface area contributed by atoms with Crippen LogP contribution in [0.2, 0.25) is 0 Å². The second kappa shape index (κ2) is 5.03. The Morgan fingerprint density at radius 2 is 2.00 bits per heavy atom. The van der Waals surface area contributed by atoms with E-state index in [1.165, 1.54) is 6.26 Å². The monoisotopic (exact) mass is 224 g/mol. The molecular weight excluding hydrogens is 217 g/mol. The van der Waals surface area contributed by atoms with Crippen molar-refractivity contribution in [3.63, 3.8) is 0 Å². The van der Waals surface area contributed by atoms with Gasteiger partial charge in [0.1, 0.15) is 0 Å². The zero-order valence-electron chi connectivity index (χ0n) is 7.21. The first kappa shape index (κ1) is 13.0. The lowest BCUT2D eigenvalue weighted by molar-refractivity contribution is -0.192. The average Bonchev–Trinajstić information content (AvgIpc) is 2.54. The molecule has 0 aliphatic heterocycles. The molecule has 15 heavy (non-hydrogen) atoms. The van der Waals surface area contributed by atoms with Gasteiger partial charge in [-0.05, 0) is 12.1 Å². The summed E-state index contributed by atoms with van der Waals surface area (Å²) >= 11 is 0. The number of rotatable bonds is 1. The zero-order valence-corrected chi connectivity index (χ0v) is 7.21. The second-order valence-corrected chi connectivity index (χ2v) is 2.19. The van der Waals surface area contributed by atoms with E-state index in [0.29, 0.717) is 5.76 Å². The molecule has 5 nitrogen and oxygen atoms in total. The van der Waals surface area contributed by atoms with Crippen LogP contribution in [0.5, 0.6) is 0 Å². The highest BCUT2D eigenvalue weighted by molar-refractivity contribution is 5.91. The number of nitrogen functional groups attached to an aromatic ring is 1. The van der Waals surface area contributed by atoms with Crippen molar-refractivity contribution in [3.8, 4) is 0 Å². The SMILES string of the molecule is N=C(N)c1ccco1.O=C(O)C(F)(F)F. The molecule has 0 saturated heterocycles. The molecule has 0 amide bonds. The van der Waals surface area contributed by atoms with E-state index in [2.05, 4.69) is 0 Å². The number of nitrogens with two attached hydrogens (primary N) is 1. The number of carbonyl (C=O) groups is 1. The zero-order chi connectivity index (χ0) is 12.1. The van der Waals surface area contributed by atoms with Gasteiger partial charge in [-0.3, -0.25) is 5.41 Å². The molecule has 84 valence electrons. The molecular formula is C7H7F3N2O3. The molecule has 1 heterocycles. The maximum absolute atomic E-state index is 10.6. The number of nitrogens with one attached hydrogen (secondary N) is 1. The minimum atomic E-state index is -5.08. The summed E-state index contributed by atoms with van der Waals surface area (Å²) in [4.78, 5) is 8.90. The molecule has 1 rings (SSSR count). The molecule has 0 unspecified atom stereocenters. The van der Waals surface area contributed by atoms with Gasteiger partial charge < -0.3 is 15.3 Å². The first-order chi connectivity index (χ1) is 6.75. The summed E-state index contributed by atoms with van der Waals surface area (Å²) in [6.45, 7) is 0. The fourth-order valence-electron chi connectivity index (χ4n) is 0.432. The van der Waals surface area contributed by atoms with Crippen molar-refractivity contribution < 1.29 is 27.5 Å². The van der Waals surface area contributed by atoms with Crippen LogP contribution in [0.4, 0.5) is 13.2 Å². The Labute approximate surface area is 81.8 Å². The predicted molar refractivity (Wildman–Crippen MR) is 43.4 cm³/mol. The van der Waals surface area contributed by atoms with Crippen LogP contribution in [0.1, 0.15) is 5.76 Å². The molecule has 0 spiro atoms.